The van der Waals surface area contributed by atoms with Crippen LogP contribution in [0.3, 0.4) is 0 Å². The van der Waals surface area contributed by atoms with Crippen LogP contribution in [0.25, 0.3) is 0 Å². The molecule has 0 heterocycles. The van der Waals surface area contributed by atoms with Crippen molar-refractivity contribution in [3.05, 3.63) is 54.4 Å². The van der Waals surface area contributed by atoms with Crippen LogP contribution >= 0.6 is 69.6 Å². The summed E-state index contributed by atoms with van der Waals surface area (Å²) in [5, 5.41) is 22.5. The van der Waals surface area contributed by atoms with Gasteiger partial charge in [-0.15, -0.1) is 0 Å². The Morgan fingerprint density at radius 3 is 0.870 bits per heavy atom. The van der Waals surface area contributed by atoms with Crippen molar-refractivity contribution in [2.24, 2.45) is 0 Å². The van der Waals surface area contributed by atoms with Gasteiger partial charge in [0.1, 0.15) is 0 Å². The standard InChI is InChI=1S/2C6H3Cl3O.Cu.2H3N/c2*7-3-1-4(8)6(10)5(9)2-3;;;/h2*1-2,10H;;2*1H3/q;;+2;;/p-2. The van der Waals surface area contributed by atoms with Crippen molar-refractivity contribution in [2.45, 2.75) is 0 Å². The first-order chi connectivity index (χ1) is 9.22. The van der Waals surface area contributed by atoms with Crippen LogP contribution in [0.2, 0.25) is 30.1 Å². The Labute approximate surface area is 174 Å². The topological polar surface area (TPSA) is 116 Å². The van der Waals surface area contributed by atoms with Crippen LogP contribution in [0.1, 0.15) is 0 Å². The molecule has 0 unspecified atom stereocenters. The van der Waals surface area contributed by atoms with E-state index < -0.39 is 0 Å². The van der Waals surface area contributed by atoms with Crippen LogP contribution in [0.15, 0.2) is 24.3 Å². The first-order valence-corrected chi connectivity index (χ1v) is 7.12. The number of halogens is 6. The van der Waals surface area contributed by atoms with Gasteiger partial charge in [-0.2, -0.15) is 0 Å². The molecule has 6 N–H and O–H groups in total. The smallest absolute Gasteiger partial charge is 0.870 e. The number of benzene rings is 2. The maximum Gasteiger partial charge on any atom is 2.00 e. The summed E-state index contributed by atoms with van der Waals surface area (Å²) >= 11 is 32.8. The van der Waals surface area contributed by atoms with Gasteiger partial charge in [0, 0.05) is 30.1 Å². The minimum atomic E-state index is -0.382. The number of hydrogen-bond donors (Lipinski definition) is 2. The molecule has 0 aliphatic heterocycles. The second kappa shape index (κ2) is 12.6. The molecule has 0 atom stereocenters. The fourth-order valence-electron chi connectivity index (χ4n) is 1.06. The molecule has 0 spiro atoms. The molecule has 0 saturated heterocycles. The molecule has 2 aromatic rings. The second-order valence-corrected chi connectivity index (χ2v) is 5.90. The monoisotopic (exact) mass is 487 g/mol. The molecular formula is C12H10Cl6CuN2O2. The van der Waals surface area contributed by atoms with Gasteiger partial charge in [-0.3, -0.25) is 0 Å². The van der Waals surface area contributed by atoms with E-state index in [4.69, 9.17) is 69.6 Å². The molecule has 0 aromatic heterocycles. The van der Waals surface area contributed by atoms with Crippen LogP contribution < -0.4 is 22.5 Å². The van der Waals surface area contributed by atoms with E-state index in [-0.39, 0.29) is 61.0 Å². The van der Waals surface area contributed by atoms with Gasteiger partial charge in [-0.05, 0) is 24.3 Å². The van der Waals surface area contributed by atoms with Crippen molar-refractivity contribution < 1.29 is 27.3 Å². The molecule has 4 nitrogen and oxygen atoms in total. The average molecular weight is 490 g/mol. The summed E-state index contributed by atoms with van der Waals surface area (Å²) in [6.07, 6.45) is 0. The van der Waals surface area contributed by atoms with Gasteiger partial charge in [0.05, 0.1) is 0 Å². The molecule has 1 radical (unpaired) electrons. The Morgan fingerprint density at radius 1 is 0.522 bits per heavy atom. The molecule has 0 amide bonds. The Balaban J connectivity index is -0.000000308. The average Bonchev–Trinajstić information content (AvgIpc) is 2.33. The van der Waals surface area contributed by atoms with Crippen molar-refractivity contribution in [3.8, 4) is 11.5 Å². The van der Waals surface area contributed by atoms with Gasteiger partial charge in [0.2, 0.25) is 0 Å². The predicted molar refractivity (Wildman–Crippen MR) is 91.9 cm³/mol. The van der Waals surface area contributed by atoms with Crippen LogP contribution in [0.5, 0.6) is 11.5 Å². The Kier molecular flexibility index (Phi) is 15.3. The first kappa shape index (κ1) is 28.0. The van der Waals surface area contributed by atoms with E-state index in [1.165, 1.54) is 24.3 Å². The molecule has 23 heavy (non-hydrogen) atoms. The van der Waals surface area contributed by atoms with E-state index in [0.717, 1.165) is 0 Å². The normalized spacial score (nSPS) is 8.61. The molecular weight excluding hydrogens is 480 g/mol. The molecule has 2 aromatic carbocycles. The summed E-state index contributed by atoms with van der Waals surface area (Å²) < 4.78 is 0. The van der Waals surface area contributed by atoms with Crippen LogP contribution in [-0.4, -0.2) is 0 Å². The summed E-state index contributed by atoms with van der Waals surface area (Å²) in [7, 11) is 0. The molecule has 0 fully saturated rings. The zero-order valence-electron chi connectivity index (χ0n) is 11.1. The van der Waals surface area contributed by atoms with E-state index in [1.807, 2.05) is 0 Å². The van der Waals surface area contributed by atoms with E-state index >= 15 is 0 Å². The molecule has 133 valence electrons. The molecule has 0 aliphatic rings. The van der Waals surface area contributed by atoms with Gasteiger partial charge in [-0.1, -0.05) is 81.1 Å². The van der Waals surface area contributed by atoms with Crippen LogP contribution in [-0.2, 0) is 17.1 Å². The van der Waals surface area contributed by atoms with E-state index in [1.54, 1.807) is 0 Å². The van der Waals surface area contributed by atoms with E-state index in [0.29, 0.717) is 10.0 Å². The van der Waals surface area contributed by atoms with Gasteiger partial charge >= 0.3 is 17.1 Å². The summed E-state index contributed by atoms with van der Waals surface area (Å²) in [4.78, 5) is 0. The Morgan fingerprint density at radius 2 is 0.696 bits per heavy atom. The third-order valence-corrected chi connectivity index (χ3v) is 3.49. The van der Waals surface area contributed by atoms with Crippen LogP contribution in [0.4, 0.5) is 0 Å². The molecule has 11 heteroatoms. The van der Waals surface area contributed by atoms with Gasteiger partial charge < -0.3 is 22.5 Å². The minimum absolute atomic E-state index is 0. The number of rotatable bonds is 0. The zero-order valence-corrected chi connectivity index (χ0v) is 16.6. The summed E-state index contributed by atoms with van der Waals surface area (Å²) in [5.74, 6) is -0.763. The molecule has 0 aliphatic carbocycles. The Hall–Kier alpha value is 0.219. The molecule has 0 bridgehead atoms. The van der Waals surface area contributed by atoms with Crippen molar-refractivity contribution in [1.82, 2.24) is 12.3 Å². The van der Waals surface area contributed by atoms with Gasteiger partial charge in [-0.25, -0.2) is 0 Å². The first-order valence-electron chi connectivity index (χ1n) is 4.85. The fraction of sp³-hybridized carbons (Fsp3) is 0. The third-order valence-electron chi connectivity index (χ3n) is 1.93. The fourth-order valence-corrected chi connectivity index (χ4v) is 2.69. The molecule has 0 saturated carbocycles. The zero-order chi connectivity index (χ0) is 15.4. The summed E-state index contributed by atoms with van der Waals surface area (Å²) in [6.45, 7) is 0. The van der Waals surface area contributed by atoms with E-state index in [2.05, 4.69) is 0 Å². The largest absolute Gasteiger partial charge is 2.00 e. The molecule has 2 rings (SSSR count). The van der Waals surface area contributed by atoms with Crippen LogP contribution in [0, 0.1) is 0 Å². The maximum absolute atomic E-state index is 10.8. The van der Waals surface area contributed by atoms with E-state index in [9.17, 15) is 10.2 Å². The summed E-state index contributed by atoms with van der Waals surface area (Å²) in [6, 6.07) is 5.43. The van der Waals surface area contributed by atoms with Gasteiger partial charge in [0.25, 0.3) is 0 Å². The van der Waals surface area contributed by atoms with Crippen molar-refractivity contribution in [2.75, 3.05) is 0 Å². The quantitative estimate of drug-likeness (QED) is 0.457. The van der Waals surface area contributed by atoms with Crippen molar-refractivity contribution >= 4 is 69.6 Å². The van der Waals surface area contributed by atoms with Gasteiger partial charge in [0.15, 0.2) is 0 Å². The predicted octanol–water partition coefficient (Wildman–Crippen LogP) is 5.76. The maximum atomic E-state index is 10.8. The SMILES string of the molecule is N.N.[Cu+2].[O-]c1c(Cl)cc(Cl)cc1Cl.[O-]c1c(Cl)cc(Cl)cc1Cl. The third kappa shape index (κ3) is 8.75. The van der Waals surface area contributed by atoms with Crippen molar-refractivity contribution in [1.29, 1.82) is 0 Å². The summed E-state index contributed by atoms with van der Waals surface area (Å²) in [5.41, 5.74) is 0. The Bertz CT molecular complexity index is 543. The van der Waals surface area contributed by atoms with Crippen molar-refractivity contribution in [3.63, 3.8) is 0 Å². The number of hydrogen-bond acceptors (Lipinski definition) is 4. The minimum Gasteiger partial charge on any atom is -0.870 e. The second-order valence-electron chi connectivity index (χ2n) is 3.40.